The van der Waals surface area contributed by atoms with Crippen molar-refractivity contribution in [1.82, 2.24) is 4.98 Å². The number of nitrogen functional groups attached to an aromatic ring is 1. The van der Waals surface area contributed by atoms with Gasteiger partial charge >= 0.3 is 6.18 Å². The van der Waals surface area contributed by atoms with E-state index in [0.29, 0.717) is 11.3 Å². The minimum Gasteiger partial charge on any atom is -0.487 e. The number of anilines is 1. The zero-order valence-electron chi connectivity index (χ0n) is 9.82. The molecule has 2 N–H and O–H groups in total. The van der Waals surface area contributed by atoms with E-state index in [1.807, 2.05) is 0 Å². The SMILES string of the molecule is Nc1cc(C(F)(F)F)ccc1COc1cccnc1. The van der Waals surface area contributed by atoms with Crippen molar-refractivity contribution in [2.45, 2.75) is 12.8 Å². The van der Waals surface area contributed by atoms with Crippen LogP contribution in [-0.4, -0.2) is 4.98 Å². The van der Waals surface area contributed by atoms with E-state index in [9.17, 15) is 13.2 Å². The molecule has 1 heterocycles. The summed E-state index contributed by atoms with van der Waals surface area (Å²) >= 11 is 0. The van der Waals surface area contributed by atoms with E-state index >= 15 is 0 Å². The number of alkyl halides is 3. The number of benzene rings is 1. The summed E-state index contributed by atoms with van der Waals surface area (Å²) in [5.41, 5.74) is 5.37. The second kappa shape index (κ2) is 5.17. The fourth-order valence-corrected chi connectivity index (χ4v) is 1.50. The van der Waals surface area contributed by atoms with Gasteiger partial charge in [-0.2, -0.15) is 13.2 Å². The molecule has 19 heavy (non-hydrogen) atoms. The van der Waals surface area contributed by atoms with E-state index in [1.54, 1.807) is 18.3 Å². The largest absolute Gasteiger partial charge is 0.487 e. The van der Waals surface area contributed by atoms with Gasteiger partial charge in [-0.05, 0) is 24.3 Å². The number of hydrogen-bond donors (Lipinski definition) is 1. The van der Waals surface area contributed by atoms with Crippen LogP contribution >= 0.6 is 0 Å². The number of rotatable bonds is 3. The molecular weight excluding hydrogens is 257 g/mol. The Balaban J connectivity index is 2.10. The average molecular weight is 268 g/mol. The van der Waals surface area contributed by atoms with E-state index < -0.39 is 11.7 Å². The lowest BCUT2D eigenvalue weighted by Crippen LogP contribution is -2.07. The van der Waals surface area contributed by atoms with Crippen molar-refractivity contribution in [2.75, 3.05) is 5.73 Å². The molecule has 0 radical (unpaired) electrons. The number of hydrogen-bond acceptors (Lipinski definition) is 3. The van der Waals surface area contributed by atoms with E-state index in [0.717, 1.165) is 12.1 Å². The van der Waals surface area contributed by atoms with E-state index in [-0.39, 0.29) is 12.3 Å². The number of aromatic nitrogens is 1. The molecule has 3 nitrogen and oxygen atoms in total. The number of nitrogens with zero attached hydrogens (tertiary/aromatic N) is 1. The van der Waals surface area contributed by atoms with Gasteiger partial charge in [-0.3, -0.25) is 4.98 Å². The summed E-state index contributed by atoms with van der Waals surface area (Å²) in [5, 5.41) is 0. The minimum atomic E-state index is -4.39. The maximum absolute atomic E-state index is 12.5. The summed E-state index contributed by atoms with van der Waals surface area (Å²) in [5.74, 6) is 0.529. The standard InChI is InChI=1S/C13H11F3N2O/c14-13(15,16)10-4-3-9(12(17)6-10)8-19-11-2-1-5-18-7-11/h1-7H,8,17H2. The van der Waals surface area contributed by atoms with Gasteiger partial charge in [0.05, 0.1) is 11.8 Å². The predicted molar refractivity (Wildman–Crippen MR) is 64.4 cm³/mol. The number of pyridine rings is 1. The van der Waals surface area contributed by atoms with Gasteiger partial charge in [-0.15, -0.1) is 0 Å². The van der Waals surface area contributed by atoms with Crippen LogP contribution in [0.15, 0.2) is 42.7 Å². The zero-order valence-corrected chi connectivity index (χ0v) is 9.82. The maximum atomic E-state index is 12.5. The monoisotopic (exact) mass is 268 g/mol. The van der Waals surface area contributed by atoms with E-state index in [2.05, 4.69) is 4.98 Å². The van der Waals surface area contributed by atoms with E-state index in [1.165, 1.54) is 12.3 Å². The van der Waals surface area contributed by atoms with Gasteiger partial charge in [-0.1, -0.05) is 6.07 Å². The summed E-state index contributed by atoms with van der Waals surface area (Å²) in [6, 6.07) is 6.60. The van der Waals surface area contributed by atoms with Crippen molar-refractivity contribution >= 4 is 5.69 Å². The van der Waals surface area contributed by atoms with Crippen LogP contribution in [0, 0.1) is 0 Å². The fourth-order valence-electron chi connectivity index (χ4n) is 1.50. The first kappa shape index (κ1) is 13.2. The highest BCUT2D eigenvalue weighted by Gasteiger charge is 2.30. The first-order chi connectivity index (χ1) is 8.97. The quantitative estimate of drug-likeness (QED) is 0.869. The Labute approximate surface area is 107 Å². The Morgan fingerprint density at radius 2 is 2.00 bits per heavy atom. The fraction of sp³-hybridized carbons (Fsp3) is 0.154. The molecule has 0 aliphatic carbocycles. The summed E-state index contributed by atoms with van der Waals surface area (Å²) in [6.07, 6.45) is -1.28. The lowest BCUT2D eigenvalue weighted by Gasteiger charge is -2.11. The first-order valence-corrected chi connectivity index (χ1v) is 5.45. The van der Waals surface area contributed by atoms with Crippen LogP contribution in [0.2, 0.25) is 0 Å². The number of nitrogens with two attached hydrogens (primary N) is 1. The molecule has 2 aromatic rings. The molecule has 0 bridgehead atoms. The van der Waals surface area contributed by atoms with Crippen molar-refractivity contribution in [2.24, 2.45) is 0 Å². The molecule has 0 saturated carbocycles. The van der Waals surface area contributed by atoms with E-state index in [4.69, 9.17) is 10.5 Å². The molecular formula is C13H11F3N2O. The molecule has 2 rings (SSSR count). The van der Waals surface area contributed by atoms with Crippen molar-refractivity contribution in [3.8, 4) is 5.75 Å². The molecule has 0 unspecified atom stereocenters. The average Bonchev–Trinajstić information content (AvgIpc) is 2.37. The molecule has 0 saturated heterocycles. The van der Waals surface area contributed by atoms with Crippen LogP contribution < -0.4 is 10.5 Å². The lowest BCUT2D eigenvalue weighted by atomic mass is 10.1. The molecule has 0 aliphatic rings. The minimum absolute atomic E-state index is 0.0544. The highest BCUT2D eigenvalue weighted by molar-refractivity contribution is 5.49. The molecule has 1 aromatic heterocycles. The molecule has 0 fully saturated rings. The third-order valence-corrected chi connectivity index (χ3v) is 2.50. The highest BCUT2D eigenvalue weighted by Crippen LogP contribution is 2.31. The van der Waals surface area contributed by atoms with Gasteiger partial charge in [0.1, 0.15) is 12.4 Å². The Hall–Kier alpha value is -2.24. The van der Waals surface area contributed by atoms with Crippen molar-refractivity contribution < 1.29 is 17.9 Å². The number of ether oxygens (including phenoxy) is 1. The zero-order chi connectivity index (χ0) is 13.9. The van der Waals surface area contributed by atoms with Crippen LogP contribution in [0.5, 0.6) is 5.75 Å². The maximum Gasteiger partial charge on any atom is 0.416 e. The lowest BCUT2D eigenvalue weighted by molar-refractivity contribution is -0.137. The molecule has 0 amide bonds. The Morgan fingerprint density at radius 1 is 1.21 bits per heavy atom. The Kier molecular flexibility index (Phi) is 3.59. The van der Waals surface area contributed by atoms with Crippen LogP contribution in [0.25, 0.3) is 0 Å². The molecule has 100 valence electrons. The molecule has 0 atom stereocenters. The smallest absolute Gasteiger partial charge is 0.416 e. The Bertz CT molecular complexity index is 556. The summed E-state index contributed by atoms with van der Waals surface area (Å²) in [7, 11) is 0. The molecule has 1 aromatic carbocycles. The third kappa shape index (κ3) is 3.37. The van der Waals surface area contributed by atoms with Crippen LogP contribution in [-0.2, 0) is 12.8 Å². The highest BCUT2D eigenvalue weighted by atomic mass is 19.4. The predicted octanol–water partition coefficient (Wildman–Crippen LogP) is 3.26. The van der Waals surface area contributed by atoms with Crippen molar-refractivity contribution in [3.05, 3.63) is 53.9 Å². The molecule has 6 heteroatoms. The normalized spacial score (nSPS) is 11.3. The second-order valence-corrected chi connectivity index (χ2v) is 3.89. The van der Waals surface area contributed by atoms with Gasteiger partial charge in [0.2, 0.25) is 0 Å². The molecule has 0 spiro atoms. The summed E-state index contributed by atoms with van der Waals surface area (Å²) in [4.78, 5) is 3.86. The topological polar surface area (TPSA) is 48.1 Å². The number of halogens is 3. The third-order valence-electron chi connectivity index (χ3n) is 2.50. The van der Waals surface area contributed by atoms with Crippen LogP contribution in [0.4, 0.5) is 18.9 Å². The van der Waals surface area contributed by atoms with Crippen molar-refractivity contribution in [1.29, 1.82) is 0 Å². The molecule has 0 aliphatic heterocycles. The first-order valence-electron chi connectivity index (χ1n) is 5.45. The van der Waals surface area contributed by atoms with Crippen molar-refractivity contribution in [3.63, 3.8) is 0 Å². The van der Waals surface area contributed by atoms with Gasteiger partial charge in [-0.25, -0.2) is 0 Å². The summed E-state index contributed by atoms with van der Waals surface area (Å²) in [6.45, 7) is 0.0929. The second-order valence-electron chi connectivity index (χ2n) is 3.89. The summed E-state index contributed by atoms with van der Waals surface area (Å²) < 4.78 is 42.7. The Morgan fingerprint density at radius 3 is 2.58 bits per heavy atom. The van der Waals surface area contributed by atoms with Gasteiger partial charge in [0.25, 0.3) is 0 Å². The van der Waals surface area contributed by atoms with Crippen LogP contribution in [0.1, 0.15) is 11.1 Å². The van der Waals surface area contributed by atoms with Gasteiger partial charge in [0.15, 0.2) is 0 Å². The van der Waals surface area contributed by atoms with Gasteiger partial charge < -0.3 is 10.5 Å². The van der Waals surface area contributed by atoms with Crippen LogP contribution in [0.3, 0.4) is 0 Å². The van der Waals surface area contributed by atoms with Gasteiger partial charge in [0, 0.05) is 17.4 Å².